The highest BCUT2D eigenvalue weighted by Gasteiger charge is 2.36. The van der Waals surface area contributed by atoms with Crippen molar-refractivity contribution in [2.45, 2.75) is 57.5 Å². The third kappa shape index (κ3) is 2.00. The topological polar surface area (TPSA) is 37.3 Å². The fourth-order valence-electron chi connectivity index (χ4n) is 3.08. The number of aliphatic hydroxyl groups excluding tert-OH is 1. The van der Waals surface area contributed by atoms with Crippen LogP contribution in [0.4, 0.5) is 0 Å². The average Bonchev–Trinajstić information content (AvgIpc) is 2.46. The molecule has 0 heterocycles. The first kappa shape index (κ1) is 10.2. The zero-order valence-corrected chi connectivity index (χ0v) is 8.74. The Labute approximate surface area is 85.7 Å². The van der Waals surface area contributed by atoms with Crippen LogP contribution in [0.15, 0.2) is 0 Å². The minimum Gasteiger partial charge on any atom is -0.393 e. The zero-order chi connectivity index (χ0) is 9.97. The van der Waals surface area contributed by atoms with E-state index in [1.165, 1.54) is 12.8 Å². The summed E-state index contributed by atoms with van der Waals surface area (Å²) >= 11 is 0. The van der Waals surface area contributed by atoms with Crippen LogP contribution in [0, 0.1) is 11.8 Å². The second-order valence-electron chi connectivity index (χ2n) is 4.83. The summed E-state index contributed by atoms with van der Waals surface area (Å²) in [7, 11) is 0. The lowest BCUT2D eigenvalue weighted by Crippen LogP contribution is -2.28. The van der Waals surface area contributed by atoms with Crippen molar-refractivity contribution in [3.63, 3.8) is 0 Å². The molecule has 1 N–H and O–H groups in total. The summed E-state index contributed by atoms with van der Waals surface area (Å²) in [6, 6.07) is 0. The molecule has 80 valence electrons. The van der Waals surface area contributed by atoms with Crippen LogP contribution < -0.4 is 0 Å². The number of ketones is 1. The molecule has 0 aliphatic heterocycles. The van der Waals surface area contributed by atoms with Gasteiger partial charge in [-0.3, -0.25) is 4.79 Å². The van der Waals surface area contributed by atoms with Gasteiger partial charge in [-0.2, -0.15) is 0 Å². The normalized spacial score (nSPS) is 39.8. The number of carbonyl (C=O) groups is 1. The second kappa shape index (κ2) is 4.43. The smallest absolute Gasteiger partial charge is 0.136 e. The SMILES string of the molecule is O=C1CCCCC[C@@H]1[C@@H]1CCC[C@H]1O. The first-order chi connectivity index (χ1) is 6.79. The van der Waals surface area contributed by atoms with Crippen LogP contribution in [0.2, 0.25) is 0 Å². The van der Waals surface area contributed by atoms with Crippen LogP contribution in [0.5, 0.6) is 0 Å². The van der Waals surface area contributed by atoms with E-state index in [-0.39, 0.29) is 12.0 Å². The Balaban J connectivity index is 2.02. The standard InChI is InChI=1S/C12H20O2/c13-11-7-3-1-2-5-9(11)10-6-4-8-12(10)14/h9-10,12,14H,1-8H2/t9-,10+,12-/m1/s1. The number of Topliss-reactive ketones (excluding diaryl/α,β-unsaturated/α-hetero) is 1. The van der Waals surface area contributed by atoms with Gasteiger partial charge in [-0.1, -0.05) is 19.3 Å². The monoisotopic (exact) mass is 196 g/mol. The predicted octanol–water partition coefficient (Wildman–Crippen LogP) is 2.30. The van der Waals surface area contributed by atoms with Crippen LogP contribution in [-0.2, 0) is 4.79 Å². The van der Waals surface area contributed by atoms with Gasteiger partial charge in [0.2, 0.25) is 0 Å². The molecule has 2 nitrogen and oxygen atoms in total. The molecule has 0 amide bonds. The molecule has 0 aromatic heterocycles. The largest absolute Gasteiger partial charge is 0.393 e. The lowest BCUT2D eigenvalue weighted by Gasteiger charge is -2.23. The first-order valence-electron chi connectivity index (χ1n) is 6.00. The number of carbonyl (C=O) groups excluding carboxylic acids is 1. The molecule has 2 heteroatoms. The van der Waals surface area contributed by atoms with Crippen molar-refractivity contribution in [2.75, 3.05) is 0 Å². The Kier molecular flexibility index (Phi) is 3.22. The third-order valence-corrected chi connectivity index (χ3v) is 3.90. The summed E-state index contributed by atoms with van der Waals surface area (Å²) in [5.41, 5.74) is 0. The molecule has 0 spiro atoms. The highest BCUT2D eigenvalue weighted by atomic mass is 16.3. The Morgan fingerprint density at radius 3 is 2.57 bits per heavy atom. The molecule has 0 aromatic rings. The molecule has 0 saturated heterocycles. The van der Waals surface area contributed by atoms with Gasteiger partial charge in [0.05, 0.1) is 6.10 Å². The molecule has 3 atom stereocenters. The van der Waals surface area contributed by atoms with E-state index < -0.39 is 0 Å². The van der Waals surface area contributed by atoms with E-state index in [1.54, 1.807) is 0 Å². The molecule has 2 aliphatic carbocycles. The Hall–Kier alpha value is -0.370. The highest BCUT2D eigenvalue weighted by Crippen LogP contribution is 2.37. The maximum Gasteiger partial charge on any atom is 0.136 e. The van der Waals surface area contributed by atoms with Crippen LogP contribution in [-0.4, -0.2) is 17.0 Å². The maximum absolute atomic E-state index is 11.8. The number of hydrogen-bond donors (Lipinski definition) is 1. The summed E-state index contributed by atoms with van der Waals surface area (Å²) < 4.78 is 0. The van der Waals surface area contributed by atoms with Gasteiger partial charge in [0.1, 0.15) is 5.78 Å². The van der Waals surface area contributed by atoms with Crippen LogP contribution in [0.25, 0.3) is 0 Å². The van der Waals surface area contributed by atoms with Crippen molar-refractivity contribution in [1.29, 1.82) is 0 Å². The third-order valence-electron chi connectivity index (χ3n) is 3.90. The maximum atomic E-state index is 11.8. The molecule has 0 radical (unpaired) electrons. The van der Waals surface area contributed by atoms with E-state index in [0.29, 0.717) is 11.7 Å². The summed E-state index contributed by atoms with van der Waals surface area (Å²) in [6.45, 7) is 0. The molecule has 2 rings (SSSR count). The molecule has 0 aromatic carbocycles. The Morgan fingerprint density at radius 1 is 1.00 bits per heavy atom. The van der Waals surface area contributed by atoms with Crippen molar-refractivity contribution < 1.29 is 9.90 Å². The second-order valence-corrected chi connectivity index (χ2v) is 4.83. The summed E-state index contributed by atoms with van der Waals surface area (Å²) in [6.07, 6.45) is 8.13. The van der Waals surface area contributed by atoms with Crippen LogP contribution in [0.3, 0.4) is 0 Å². The van der Waals surface area contributed by atoms with Gasteiger partial charge in [0.25, 0.3) is 0 Å². The van der Waals surface area contributed by atoms with Gasteiger partial charge < -0.3 is 5.11 Å². The van der Waals surface area contributed by atoms with Crippen LogP contribution in [0.1, 0.15) is 51.4 Å². The summed E-state index contributed by atoms with van der Waals surface area (Å²) in [5, 5.41) is 9.80. The number of hydrogen-bond acceptors (Lipinski definition) is 2. The van der Waals surface area contributed by atoms with Gasteiger partial charge >= 0.3 is 0 Å². The van der Waals surface area contributed by atoms with Crippen molar-refractivity contribution in [1.82, 2.24) is 0 Å². The molecular formula is C12H20O2. The van der Waals surface area contributed by atoms with Crippen molar-refractivity contribution in [2.24, 2.45) is 11.8 Å². The van der Waals surface area contributed by atoms with Crippen LogP contribution >= 0.6 is 0 Å². The van der Waals surface area contributed by atoms with Crippen molar-refractivity contribution in [3.8, 4) is 0 Å². The van der Waals surface area contributed by atoms with E-state index in [4.69, 9.17) is 0 Å². The molecule has 0 bridgehead atoms. The first-order valence-corrected chi connectivity index (χ1v) is 6.00. The average molecular weight is 196 g/mol. The lowest BCUT2D eigenvalue weighted by molar-refractivity contribution is -0.125. The summed E-state index contributed by atoms with van der Waals surface area (Å²) in [5.74, 6) is 0.907. The number of rotatable bonds is 1. The zero-order valence-electron chi connectivity index (χ0n) is 8.74. The molecule has 2 saturated carbocycles. The molecule has 2 aliphatic rings. The molecule has 0 unspecified atom stereocenters. The Bertz CT molecular complexity index is 212. The quantitative estimate of drug-likeness (QED) is 0.653. The molecule has 14 heavy (non-hydrogen) atoms. The predicted molar refractivity (Wildman–Crippen MR) is 54.9 cm³/mol. The van der Waals surface area contributed by atoms with Gasteiger partial charge in [-0.25, -0.2) is 0 Å². The van der Waals surface area contributed by atoms with Crippen molar-refractivity contribution >= 4 is 5.78 Å². The van der Waals surface area contributed by atoms with E-state index in [9.17, 15) is 9.90 Å². The lowest BCUT2D eigenvalue weighted by atomic mass is 9.83. The fourth-order valence-corrected chi connectivity index (χ4v) is 3.08. The van der Waals surface area contributed by atoms with Gasteiger partial charge in [-0.15, -0.1) is 0 Å². The van der Waals surface area contributed by atoms with Crippen molar-refractivity contribution in [3.05, 3.63) is 0 Å². The minimum atomic E-state index is -0.193. The van der Waals surface area contributed by atoms with Gasteiger partial charge in [0, 0.05) is 12.3 Å². The van der Waals surface area contributed by atoms with E-state index in [1.807, 2.05) is 0 Å². The van der Waals surface area contributed by atoms with Gasteiger partial charge in [0.15, 0.2) is 0 Å². The van der Waals surface area contributed by atoms with E-state index in [2.05, 4.69) is 0 Å². The molecular weight excluding hydrogens is 176 g/mol. The van der Waals surface area contributed by atoms with Gasteiger partial charge in [-0.05, 0) is 31.6 Å². The summed E-state index contributed by atoms with van der Waals surface area (Å²) in [4.78, 5) is 11.8. The van der Waals surface area contributed by atoms with E-state index >= 15 is 0 Å². The van der Waals surface area contributed by atoms with E-state index in [0.717, 1.165) is 38.5 Å². The fraction of sp³-hybridized carbons (Fsp3) is 0.917. The number of aliphatic hydroxyl groups is 1. The highest BCUT2D eigenvalue weighted by molar-refractivity contribution is 5.81. The molecule has 2 fully saturated rings. The minimum absolute atomic E-state index is 0.190. The Morgan fingerprint density at radius 2 is 1.86 bits per heavy atom.